The minimum atomic E-state index is -1.16. The topological polar surface area (TPSA) is 122 Å². The highest BCUT2D eigenvalue weighted by atomic mass is 16.5. The number of carboxylic acids is 1. The molecule has 0 radical (unpaired) electrons. The maximum atomic E-state index is 12.4. The van der Waals surface area contributed by atoms with Gasteiger partial charge in [0.25, 0.3) is 5.91 Å². The van der Waals surface area contributed by atoms with Gasteiger partial charge >= 0.3 is 5.97 Å². The van der Waals surface area contributed by atoms with Gasteiger partial charge in [-0.1, -0.05) is 24.3 Å². The number of ether oxygens (including phenoxy) is 2. The maximum absolute atomic E-state index is 12.4. The van der Waals surface area contributed by atoms with Gasteiger partial charge in [0.15, 0.2) is 11.5 Å². The van der Waals surface area contributed by atoms with E-state index in [0.717, 1.165) is 0 Å². The summed E-state index contributed by atoms with van der Waals surface area (Å²) in [6, 6.07) is 18.5. The highest BCUT2D eigenvalue weighted by Crippen LogP contribution is 2.30. The van der Waals surface area contributed by atoms with Crippen LogP contribution in [-0.4, -0.2) is 24.1 Å². The lowest BCUT2D eigenvalue weighted by atomic mass is 10.1. The highest BCUT2D eigenvalue weighted by molar-refractivity contribution is 6.09. The van der Waals surface area contributed by atoms with E-state index in [1.165, 1.54) is 25.3 Å². The Balaban J connectivity index is 1.73. The Labute approximate surface area is 177 Å². The van der Waals surface area contributed by atoms with Crippen molar-refractivity contribution in [1.82, 2.24) is 0 Å². The zero-order valence-electron chi connectivity index (χ0n) is 16.5. The molecule has 31 heavy (non-hydrogen) atoms. The summed E-state index contributed by atoms with van der Waals surface area (Å²) in [5.74, 6) is -0.763. The molecule has 8 heteroatoms. The van der Waals surface area contributed by atoms with E-state index in [9.17, 15) is 14.9 Å². The Hall–Kier alpha value is -4.51. The molecular weight excluding hydrogens is 400 g/mol. The molecule has 0 bridgehead atoms. The van der Waals surface area contributed by atoms with Gasteiger partial charge in [0, 0.05) is 5.69 Å². The van der Waals surface area contributed by atoms with E-state index < -0.39 is 11.9 Å². The predicted octanol–water partition coefficient (Wildman–Crippen LogP) is 4.11. The van der Waals surface area contributed by atoms with Crippen LogP contribution in [0, 0.1) is 11.3 Å². The summed E-state index contributed by atoms with van der Waals surface area (Å²) in [4.78, 5) is 23.2. The first kappa shape index (κ1) is 21.2. The Morgan fingerprint density at radius 2 is 1.90 bits per heavy atom. The molecule has 3 rings (SSSR count). The zero-order chi connectivity index (χ0) is 22.2. The lowest BCUT2D eigenvalue weighted by molar-refractivity contribution is -0.112. The quantitative estimate of drug-likeness (QED) is 0.417. The van der Waals surface area contributed by atoms with Crippen LogP contribution in [0.4, 0.5) is 5.69 Å². The van der Waals surface area contributed by atoms with Crippen LogP contribution in [0.25, 0.3) is 6.08 Å². The normalized spacial score (nSPS) is 10.8. The summed E-state index contributed by atoms with van der Waals surface area (Å²) in [7, 11) is 1.46. The molecular formula is C23H18N2O6. The molecule has 0 fully saturated rings. The number of furan rings is 1. The smallest absolute Gasteiger partial charge is 0.371 e. The first-order valence-corrected chi connectivity index (χ1v) is 9.11. The summed E-state index contributed by atoms with van der Waals surface area (Å²) < 4.78 is 16.1. The molecule has 3 aromatic rings. The fourth-order valence-corrected chi connectivity index (χ4v) is 2.65. The first-order chi connectivity index (χ1) is 15.0. The van der Waals surface area contributed by atoms with Gasteiger partial charge in [0.05, 0.1) is 7.11 Å². The minimum Gasteiger partial charge on any atom is -0.493 e. The lowest BCUT2D eigenvalue weighted by Gasteiger charge is -2.10. The predicted molar refractivity (Wildman–Crippen MR) is 112 cm³/mol. The molecule has 0 saturated heterocycles. The maximum Gasteiger partial charge on any atom is 0.371 e. The van der Waals surface area contributed by atoms with Crippen molar-refractivity contribution >= 4 is 23.6 Å². The molecule has 1 aromatic heterocycles. The van der Waals surface area contributed by atoms with Crippen molar-refractivity contribution in [1.29, 1.82) is 5.26 Å². The number of nitriles is 1. The fraction of sp³-hybridized carbons (Fsp3) is 0.0870. The van der Waals surface area contributed by atoms with Gasteiger partial charge in [-0.3, -0.25) is 4.79 Å². The van der Waals surface area contributed by atoms with Crippen molar-refractivity contribution in [2.75, 3.05) is 12.4 Å². The van der Waals surface area contributed by atoms with Crippen LogP contribution < -0.4 is 14.8 Å². The van der Waals surface area contributed by atoms with Crippen LogP contribution in [0.3, 0.4) is 0 Å². The molecule has 156 valence electrons. The zero-order valence-corrected chi connectivity index (χ0v) is 16.5. The third-order valence-electron chi connectivity index (χ3n) is 4.14. The van der Waals surface area contributed by atoms with Gasteiger partial charge in [-0.2, -0.15) is 5.26 Å². The van der Waals surface area contributed by atoms with E-state index in [1.54, 1.807) is 42.5 Å². The molecule has 0 saturated carbocycles. The SMILES string of the molecule is COc1cc(/C=C(/C#N)C(=O)Nc2ccccc2)ccc1OCc1ccc(C(=O)O)o1. The van der Waals surface area contributed by atoms with Crippen molar-refractivity contribution < 1.29 is 28.6 Å². The average molecular weight is 418 g/mol. The molecule has 1 heterocycles. The number of carbonyl (C=O) groups excluding carboxylic acids is 1. The number of amides is 1. The van der Waals surface area contributed by atoms with Gasteiger partial charge in [0.2, 0.25) is 5.76 Å². The molecule has 0 atom stereocenters. The minimum absolute atomic E-state index is 0.00174. The van der Waals surface area contributed by atoms with Crippen LogP contribution >= 0.6 is 0 Å². The number of methoxy groups -OCH3 is 1. The molecule has 2 N–H and O–H groups in total. The number of rotatable bonds is 8. The van der Waals surface area contributed by atoms with E-state index in [1.807, 2.05) is 12.1 Å². The highest BCUT2D eigenvalue weighted by Gasteiger charge is 2.13. The molecule has 2 aromatic carbocycles. The van der Waals surface area contributed by atoms with Gasteiger partial charge in [-0.05, 0) is 48.0 Å². The van der Waals surface area contributed by atoms with E-state index >= 15 is 0 Å². The largest absolute Gasteiger partial charge is 0.493 e. The van der Waals surface area contributed by atoms with Gasteiger partial charge in [-0.25, -0.2) is 4.79 Å². The second-order valence-corrected chi connectivity index (χ2v) is 6.26. The number of benzene rings is 2. The van der Waals surface area contributed by atoms with Crippen molar-refractivity contribution in [2.45, 2.75) is 6.61 Å². The third kappa shape index (κ3) is 5.52. The van der Waals surface area contributed by atoms with Crippen molar-refractivity contribution in [3.63, 3.8) is 0 Å². The Kier molecular flexibility index (Phi) is 6.71. The Morgan fingerprint density at radius 3 is 2.55 bits per heavy atom. The van der Waals surface area contributed by atoms with Crippen molar-refractivity contribution in [3.8, 4) is 17.6 Å². The van der Waals surface area contributed by atoms with Gasteiger partial charge in [-0.15, -0.1) is 0 Å². The second kappa shape index (κ2) is 9.80. The van der Waals surface area contributed by atoms with Crippen LogP contribution in [0.2, 0.25) is 0 Å². The Bertz CT molecular complexity index is 1160. The number of para-hydroxylation sites is 1. The molecule has 0 unspecified atom stereocenters. The summed E-state index contributed by atoms with van der Waals surface area (Å²) in [6.45, 7) is 0.00174. The standard InChI is InChI=1S/C23H18N2O6/c1-29-21-12-15(11-16(13-24)22(26)25-17-5-3-2-4-6-17)7-9-19(21)30-14-18-8-10-20(31-18)23(27)28/h2-12H,14H2,1H3,(H,25,26)(H,27,28)/b16-11-. The number of hydrogen-bond donors (Lipinski definition) is 2. The van der Waals surface area contributed by atoms with E-state index in [-0.39, 0.29) is 17.9 Å². The third-order valence-corrected chi connectivity index (χ3v) is 4.14. The van der Waals surface area contributed by atoms with Crippen LogP contribution in [0.5, 0.6) is 11.5 Å². The summed E-state index contributed by atoms with van der Waals surface area (Å²) in [6.07, 6.45) is 1.44. The monoisotopic (exact) mass is 418 g/mol. The van der Waals surface area contributed by atoms with Crippen LogP contribution in [-0.2, 0) is 11.4 Å². The lowest BCUT2D eigenvalue weighted by Crippen LogP contribution is -2.13. The number of nitrogens with zero attached hydrogens (tertiary/aromatic N) is 1. The molecule has 8 nitrogen and oxygen atoms in total. The fourth-order valence-electron chi connectivity index (χ4n) is 2.65. The molecule has 0 aliphatic rings. The second-order valence-electron chi connectivity index (χ2n) is 6.26. The number of carboxylic acid groups (broad SMARTS) is 1. The number of anilines is 1. The van der Waals surface area contributed by atoms with E-state index in [0.29, 0.717) is 28.5 Å². The molecule has 0 aliphatic carbocycles. The van der Waals surface area contributed by atoms with Gasteiger partial charge in [0.1, 0.15) is 24.0 Å². The summed E-state index contributed by atoms with van der Waals surface area (Å²) >= 11 is 0. The first-order valence-electron chi connectivity index (χ1n) is 9.11. The van der Waals surface area contributed by atoms with E-state index in [2.05, 4.69) is 5.32 Å². The molecule has 1 amide bonds. The number of nitrogens with one attached hydrogen (secondary N) is 1. The summed E-state index contributed by atoms with van der Waals surface area (Å²) in [5, 5.41) is 20.9. The van der Waals surface area contributed by atoms with E-state index in [4.69, 9.17) is 19.0 Å². The van der Waals surface area contributed by atoms with Crippen molar-refractivity contribution in [3.05, 3.63) is 83.3 Å². The van der Waals surface area contributed by atoms with Crippen LogP contribution in [0.15, 0.2) is 70.7 Å². The average Bonchev–Trinajstić information content (AvgIpc) is 3.26. The van der Waals surface area contributed by atoms with Crippen molar-refractivity contribution in [2.24, 2.45) is 0 Å². The summed E-state index contributed by atoms with van der Waals surface area (Å²) in [5.41, 5.74) is 1.07. The Morgan fingerprint density at radius 1 is 1.13 bits per heavy atom. The number of aromatic carboxylic acids is 1. The molecule has 0 aliphatic heterocycles. The number of carbonyl (C=O) groups is 2. The molecule has 0 spiro atoms. The number of hydrogen-bond acceptors (Lipinski definition) is 6. The van der Waals surface area contributed by atoms with Gasteiger partial charge < -0.3 is 24.3 Å². The van der Waals surface area contributed by atoms with Crippen LogP contribution in [0.1, 0.15) is 21.9 Å².